The average Bonchev–Trinajstić information content (AvgIpc) is 2.56. The highest BCUT2D eigenvalue weighted by Crippen LogP contribution is 2.15. The molecule has 1 N–H and O–H groups in total. The number of piperidine rings is 1. The maximum absolute atomic E-state index is 12.5. The molecule has 1 aromatic rings. The molecule has 1 amide bonds. The third-order valence-electron chi connectivity index (χ3n) is 3.89. The first-order chi connectivity index (χ1) is 11.2. The molecule has 0 aliphatic carbocycles. The van der Waals surface area contributed by atoms with Gasteiger partial charge in [-0.2, -0.15) is 0 Å². The summed E-state index contributed by atoms with van der Waals surface area (Å²) in [6.45, 7) is 2.65. The smallest absolute Gasteiger partial charge is 0.251 e. The van der Waals surface area contributed by atoms with Gasteiger partial charge in [-0.3, -0.25) is 9.69 Å². The molecule has 6 heteroatoms. The predicted molar refractivity (Wildman–Crippen MR) is 86.7 cm³/mol. The Morgan fingerprint density at radius 1 is 1.43 bits per heavy atom. The summed E-state index contributed by atoms with van der Waals surface area (Å²) in [6.07, 6.45) is 1.91. The summed E-state index contributed by atoms with van der Waals surface area (Å²) in [7, 11) is 1.61. The molecule has 0 spiro atoms. The number of carbonyl (C=O) groups is 1. The average molecular weight is 324 g/mol. The van der Waals surface area contributed by atoms with Gasteiger partial charge in [-0.15, -0.1) is 0 Å². The highest BCUT2D eigenvalue weighted by Gasteiger charge is 2.21. The van der Waals surface area contributed by atoms with Crippen molar-refractivity contribution in [1.82, 2.24) is 10.2 Å². The number of hydrogen-bond acceptors (Lipinski definition) is 4. The Labute approximate surface area is 136 Å². The summed E-state index contributed by atoms with van der Waals surface area (Å²) in [5, 5.41) is 3.03. The topological polar surface area (TPSA) is 50.8 Å². The molecule has 1 aromatic carbocycles. The number of benzene rings is 1. The molecule has 2 rings (SSSR count). The minimum absolute atomic E-state index is 0.0702. The van der Waals surface area contributed by atoms with Gasteiger partial charge in [0.2, 0.25) is 0 Å². The normalized spacial score (nSPS) is 18.6. The number of likely N-dealkylation sites (tertiary alicyclic amines) is 1. The number of rotatable bonds is 8. The fourth-order valence-electron chi connectivity index (χ4n) is 2.73. The second kappa shape index (κ2) is 9.47. The molecule has 1 fully saturated rings. The minimum atomic E-state index is -0.346. The van der Waals surface area contributed by atoms with E-state index < -0.39 is 0 Å². The number of hydrogen-bond donors (Lipinski definition) is 1. The molecule has 5 nitrogen and oxygen atoms in total. The second-order valence-electron chi connectivity index (χ2n) is 5.67. The molecule has 1 aliphatic rings. The maximum atomic E-state index is 12.5. The van der Waals surface area contributed by atoms with Crippen molar-refractivity contribution >= 4 is 5.91 Å². The van der Waals surface area contributed by atoms with E-state index in [2.05, 4.69) is 10.2 Å². The van der Waals surface area contributed by atoms with Gasteiger partial charge in [-0.25, -0.2) is 4.39 Å². The van der Waals surface area contributed by atoms with Crippen LogP contribution in [-0.2, 0) is 4.74 Å². The van der Waals surface area contributed by atoms with Crippen LogP contribution in [0, 0.1) is 0 Å². The van der Waals surface area contributed by atoms with Crippen LogP contribution >= 0.6 is 0 Å². The molecule has 1 saturated heterocycles. The Morgan fingerprint density at radius 3 is 3.09 bits per heavy atom. The fraction of sp³-hybridized carbons (Fsp3) is 0.588. The second-order valence-corrected chi connectivity index (χ2v) is 5.67. The fourth-order valence-corrected chi connectivity index (χ4v) is 2.73. The number of halogens is 1. The zero-order chi connectivity index (χ0) is 16.5. The van der Waals surface area contributed by atoms with Crippen LogP contribution in [0.5, 0.6) is 5.75 Å². The van der Waals surface area contributed by atoms with Crippen LogP contribution in [0.4, 0.5) is 4.39 Å². The zero-order valence-electron chi connectivity index (χ0n) is 13.6. The van der Waals surface area contributed by atoms with Gasteiger partial charge in [-0.1, -0.05) is 6.07 Å². The van der Waals surface area contributed by atoms with Crippen molar-refractivity contribution in [1.29, 1.82) is 0 Å². The van der Waals surface area contributed by atoms with Crippen molar-refractivity contribution in [2.24, 2.45) is 0 Å². The predicted octanol–water partition coefficient (Wildman–Crippen LogP) is 1.88. The number of methoxy groups -OCH3 is 1. The largest absolute Gasteiger partial charge is 0.491 e. The molecular weight excluding hydrogens is 299 g/mol. The van der Waals surface area contributed by atoms with Crippen LogP contribution in [0.3, 0.4) is 0 Å². The number of carbonyl (C=O) groups excluding carboxylic acids is 1. The van der Waals surface area contributed by atoms with Crippen LogP contribution in [-0.4, -0.2) is 63.5 Å². The van der Waals surface area contributed by atoms with E-state index in [4.69, 9.17) is 9.47 Å². The molecule has 0 radical (unpaired) electrons. The van der Waals surface area contributed by atoms with Crippen molar-refractivity contribution in [3.05, 3.63) is 29.8 Å². The molecule has 0 bridgehead atoms. The lowest BCUT2D eigenvalue weighted by molar-refractivity contribution is 0.0900. The quantitative estimate of drug-likeness (QED) is 0.742. The van der Waals surface area contributed by atoms with E-state index in [1.807, 2.05) is 6.07 Å². The van der Waals surface area contributed by atoms with Gasteiger partial charge in [0.15, 0.2) is 0 Å². The molecule has 1 unspecified atom stereocenters. The van der Waals surface area contributed by atoms with Gasteiger partial charge < -0.3 is 14.8 Å². The molecule has 0 aromatic heterocycles. The van der Waals surface area contributed by atoms with Crippen LogP contribution in [0.2, 0.25) is 0 Å². The standard InChI is InChI=1S/C17H25FN2O3/c1-22-10-11-23-16-6-2-4-14(12-16)17(21)19-15-5-3-8-20(13-15)9-7-18/h2,4,6,12,15H,3,5,7-11,13H2,1H3,(H,19,21). The van der Waals surface area contributed by atoms with E-state index in [-0.39, 0.29) is 18.6 Å². The van der Waals surface area contributed by atoms with Crippen LogP contribution in [0.25, 0.3) is 0 Å². The van der Waals surface area contributed by atoms with E-state index in [9.17, 15) is 9.18 Å². The lowest BCUT2D eigenvalue weighted by Crippen LogP contribution is -2.48. The van der Waals surface area contributed by atoms with Crippen molar-refractivity contribution < 1.29 is 18.7 Å². The lowest BCUT2D eigenvalue weighted by atomic mass is 10.0. The zero-order valence-corrected chi connectivity index (χ0v) is 13.6. The molecule has 1 heterocycles. The molecule has 1 aliphatic heterocycles. The Morgan fingerprint density at radius 2 is 2.30 bits per heavy atom. The maximum Gasteiger partial charge on any atom is 0.251 e. The lowest BCUT2D eigenvalue weighted by Gasteiger charge is -2.32. The van der Waals surface area contributed by atoms with Crippen molar-refractivity contribution in [2.75, 3.05) is 46.6 Å². The summed E-state index contributed by atoms with van der Waals surface area (Å²) < 4.78 is 22.9. The first kappa shape index (κ1) is 17.7. The Balaban J connectivity index is 1.88. The number of ether oxygens (including phenoxy) is 2. The third kappa shape index (κ3) is 5.80. The summed E-state index contributed by atoms with van der Waals surface area (Å²) in [5.41, 5.74) is 0.572. The van der Waals surface area contributed by atoms with Gasteiger partial charge in [-0.05, 0) is 37.6 Å². The van der Waals surface area contributed by atoms with Crippen LogP contribution < -0.4 is 10.1 Å². The van der Waals surface area contributed by atoms with Crippen LogP contribution in [0.15, 0.2) is 24.3 Å². The summed E-state index contributed by atoms with van der Waals surface area (Å²) >= 11 is 0. The summed E-state index contributed by atoms with van der Waals surface area (Å²) in [5.74, 6) is 0.534. The highest BCUT2D eigenvalue weighted by molar-refractivity contribution is 5.94. The Bertz CT molecular complexity index is 496. The number of nitrogens with one attached hydrogen (secondary N) is 1. The third-order valence-corrected chi connectivity index (χ3v) is 3.89. The Hall–Kier alpha value is -1.66. The van der Waals surface area contributed by atoms with Gasteiger partial charge in [0.1, 0.15) is 19.0 Å². The summed E-state index contributed by atoms with van der Waals surface area (Å²) in [6, 6.07) is 7.18. The minimum Gasteiger partial charge on any atom is -0.491 e. The van der Waals surface area contributed by atoms with E-state index >= 15 is 0 Å². The molecule has 0 saturated carbocycles. The van der Waals surface area contributed by atoms with Crippen molar-refractivity contribution in [2.45, 2.75) is 18.9 Å². The van der Waals surface area contributed by atoms with Gasteiger partial charge in [0, 0.05) is 31.8 Å². The van der Waals surface area contributed by atoms with Crippen molar-refractivity contribution in [3.63, 3.8) is 0 Å². The molecule has 23 heavy (non-hydrogen) atoms. The van der Waals surface area contributed by atoms with Crippen molar-refractivity contribution in [3.8, 4) is 5.75 Å². The summed E-state index contributed by atoms with van der Waals surface area (Å²) in [4.78, 5) is 14.4. The SMILES string of the molecule is COCCOc1cccc(C(=O)NC2CCCN(CCF)C2)c1. The van der Waals surface area contributed by atoms with E-state index in [1.165, 1.54) is 0 Å². The van der Waals surface area contributed by atoms with E-state index in [0.29, 0.717) is 37.6 Å². The van der Waals surface area contributed by atoms with Gasteiger partial charge in [0.25, 0.3) is 5.91 Å². The highest BCUT2D eigenvalue weighted by atomic mass is 19.1. The van der Waals surface area contributed by atoms with Gasteiger partial charge in [0.05, 0.1) is 6.61 Å². The number of amides is 1. The number of alkyl halides is 1. The Kier molecular flexibility index (Phi) is 7.29. The molecule has 1 atom stereocenters. The van der Waals surface area contributed by atoms with E-state index in [0.717, 1.165) is 19.4 Å². The van der Waals surface area contributed by atoms with E-state index in [1.54, 1.807) is 25.3 Å². The monoisotopic (exact) mass is 324 g/mol. The molecular formula is C17H25FN2O3. The van der Waals surface area contributed by atoms with Crippen LogP contribution in [0.1, 0.15) is 23.2 Å². The first-order valence-corrected chi connectivity index (χ1v) is 8.04. The first-order valence-electron chi connectivity index (χ1n) is 8.04. The molecule has 128 valence electrons. The van der Waals surface area contributed by atoms with Gasteiger partial charge >= 0.3 is 0 Å². The number of nitrogens with zero attached hydrogens (tertiary/aromatic N) is 1.